The average Bonchev–Trinajstić information content (AvgIpc) is 1.95. The van der Waals surface area contributed by atoms with Gasteiger partial charge in [0.15, 0.2) is 0 Å². The first-order chi connectivity index (χ1) is 5.63. The van der Waals surface area contributed by atoms with Gasteiger partial charge in [-0.05, 0) is 18.8 Å². The molecule has 0 heterocycles. The second-order valence-electron chi connectivity index (χ2n) is 3.10. The Labute approximate surface area is 73.6 Å². The predicted octanol–water partition coefficient (Wildman–Crippen LogP) is 2.62. The van der Waals surface area contributed by atoms with Crippen molar-refractivity contribution in [3.63, 3.8) is 0 Å². The quantitative estimate of drug-likeness (QED) is 0.506. The van der Waals surface area contributed by atoms with Gasteiger partial charge in [-0.15, -0.1) is 0 Å². The van der Waals surface area contributed by atoms with Gasteiger partial charge < -0.3 is 5.11 Å². The Hall–Kier alpha value is -1.05. The summed E-state index contributed by atoms with van der Waals surface area (Å²) in [5.41, 5.74) is 0. The molecular formula is C10H16O2. The number of aliphatic carboxylic acids is 1. The molecule has 0 rings (SSSR count). The number of hydrogen-bond donors (Lipinski definition) is 1. The van der Waals surface area contributed by atoms with Crippen molar-refractivity contribution in [1.82, 2.24) is 0 Å². The van der Waals surface area contributed by atoms with Crippen LogP contribution in [0.4, 0.5) is 0 Å². The molecular weight excluding hydrogens is 152 g/mol. The minimum Gasteiger partial charge on any atom is -0.478 e. The van der Waals surface area contributed by atoms with Crippen LogP contribution in [-0.4, -0.2) is 11.1 Å². The zero-order valence-electron chi connectivity index (χ0n) is 7.66. The smallest absolute Gasteiger partial charge is 0.328 e. The number of carbonyl (C=O) groups is 1. The largest absolute Gasteiger partial charge is 0.478 e. The second-order valence-corrected chi connectivity index (χ2v) is 3.10. The van der Waals surface area contributed by atoms with Crippen molar-refractivity contribution >= 4 is 5.97 Å². The Morgan fingerprint density at radius 2 is 2.08 bits per heavy atom. The Bertz CT molecular complexity index is 178. The van der Waals surface area contributed by atoms with Gasteiger partial charge in [-0.1, -0.05) is 32.1 Å². The molecule has 12 heavy (non-hydrogen) atoms. The molecule has 0 aliphatic heterocycles. The van der Waals surface area contributed by atoms with E-state index in [4.69, 9.17) is 5.11 Å². The fourth-order valence-corrected chi connectivity index (χ4v) is 0.742. The fourth-order valence-electron chi connectivity index (χ4n) is 0.742. The van der Waals surface area contributed by atoms with Crippen LogP contribution in [0.2, 0.25) is 0 Å². The van der Waals surface area contributed by atoms with E-state index in [0.717, 1.165) is 18.9 Å². The number of allylic oxidation sites excluding steroid dienone is 3. The van der Waals surface area contributed by atoms with E-state index in [9.17, 15) is 4.79 Å². The summed E-state index contributed by atoms with van der Waals surface area (Å²) < 4.78 is 0. The lowest BCUT2D eigenvalue weighted by Crippen LogP contribution is -1.85. The van der Waals surface area contributed by atoms with Gasteiger partial charge >= 0.3 is 5.97 Å². The maximum Gasteiger partial charge on any atom is 0.328 e. The van der Waals surface area contributed by atoms with Crippen LogP contribution in [0.5, 0.6) is 0 Å². The summed E-state index contributed by atoms with van der Waals surface area (Å²) in [4.78, 5) is 10.0. The van der Waals surface area contributed by atoms with Gasteiger partial charge in [-0.3, -0.25) is 0 Å². The van der Waals surface area contributed by atoms with Gasteiger partial charge in [0.05, 0.1) is 0 Å². The number of carboxylic acids is 1. The second kappa shape index (κ2) is 6.65. The highest BCUT2D eigenvalue weighted by Gasteiger charge is 1.88. The van der Waals surface area contributed by atoms with E-state index < -0.39 is 5.97 Å². The van der Waals surface area contributed by atoms with Crippen molar-refractivity contribution < 1.29 is 9.90 Å². The van der Waals surface area contributed by atoms with Crippen LogP contribution in [-0.2, 0) is 4.79 Å². The van der Waals surface area contributed by atoms with E-state index in [-0.39, 0.29) is 0 Å². The van der Waals surface area contributed by atoms with Crippen LogP contribution in [0, 0.1) is 5.92 Å². The standard InChI is InChI=1S/C10H16O2/c1-9(2)7-5-3-4-6-8-10(11)12/h3-4,6,8-9H,5,7H2,1-2H3,(H,11,12)/b4-3+,8-6-. The fraction of sp³-hybridized carbons (Fsp3) is 0.500. The van der Waals surface area contributed by atoms with Crippen LogP contribution in [0.25, 0.3) is 0 Å². The van der Waals surface area contributed by atoms with Gasteiger partial charge in [-0.2, -0.15) is 0 Å². The molecule has 0 aromatic carbocycles. The number of rotatable bonds is 5. The maximum absolute atomic E-state index is 10.0. The molecule has 0 aliphatic rings. The van der Waals surface area contributed by atoms with Crippen LogP contribution < -0.4 is 0 Å². The van der Waals surface area contributed by atoms with Gasteiger partial charge in [0.25, 0.3) is 0 Å². The minimum absolute atomic E-state index is 0.707. The van der Waals surface area contributed by atoms with Crippen molar-refractivity contribution in [2.75, 3.05) is 0 Å². The molecule has 0 bridgehead atoms. The molecule has 0 atom stereocenters. The monoisotopic (exact) mass is 168 g/mol. The van der Waals surface area contributed by atoms with Gasteiger partial charge in [-0.25, -0.2) is 4.79 Å². The molecule has 2 heteroatoms. The molecule has 0 radical (unpaired) electrons. The molecule has 0 aromatic rings. The van der Waals surface area contributed by atoms with Crippen molar-refractivity contribution in [2.24, 2.45) is 5.92 Å². The van der Waals surface area contributed by atoms with E-state index in [1.54, 1.807) is 12.2 Å². The SMILES string of the molecule is CC(C)CC/C=C/C=C\C(=O)O. The minimum atomic E-state index is -0.900. The molecule has 0 spiro atoms. The first kappa shape index (κ1) is 11.0. The molecule has 68 valence electrons. The molecule has 2 nitrogen and oxygen atoms in total. The van der Waals surface area contributed by atoms with Crippen LogP contribution in [0.3, 0.4) is 0 Å². The van der Waals surface area contributed by atoms with Crippen LogP contribution in [0.15, 0.2) is 24.3 Å². The Morgan fingerprint density at radius 1 is 1.42 bits per heavy atom. The highest BCUT2D eigenvalue weighted by Crippen LogP contribution is 2.03. The Morgan fingerprint density at radius 3 is 2.58 bits per heavy atom. The van der Waals surface area contributed by atoms with Crippen LogP contribution >= 0.6 is 0 Å². The average molecular weight is 168 g/mol. The molecule has 0 aromatic heterocycles. The summed E-state index contributed by atoms with van der Waals surface area (Å²) in [6.07, 6.45) is 8.60. The number of carboxylic acid groups (broad SMARTS) is 1. The maximum atomic E-state index is 10.0. The lowest BCUT2D eigenvalue weighted by molar-refractivity contribution is -0.131. The predicted molar refractivity (Wildman–Crippen MR) is 50.0 cm³/mol. The normalized spacial score (nSPS) is 11.9. The van der Waals surface area contributed by atoms with Crippen molar-refractivity contribution in [1.29, 1.82) is 0 Å². The summed E-state index contributed by atoms with van der Waals surface area (Å²) in [6, 6.07) is 0. The van der Waals surface area contributed by atoms with E-state index in [0.29, 0.717) is 5.92 Å². The summed E-state index contributed by atoms with van der Waals surface area (Å²) >= 11 is 0. The van der Waals surface area contributed by atoms with Gasteiger partial charge in [0.2, 0.25) is 0 Å². The first-order valence-corrected chi connectivity index (χ1v) is 4.19. The third-order valence-corrected chi connectivity index (χ3v) is 1.40. The molecule has 0 saturated heterocycles. The highest BCUT2D eigenvalue weighted by molar-refractivity contribution is 5.80. The molecule has 0 unspecified atom stereocenters. The molecule has 0 fully saturated rings. The first-order valence-electron chi connectivity index (χ1n) is 4.19. The highest BCUT2D eigenvalue weighted by atomic mass is 16.4. The topological polar surface area (TPSA) is 37.3 Å². The molecule has 0 saturated carbocycles. The third kappa shape index (κ3) is 8.95. The Balaban J connectivity index is 3.44. The van der Waals surface area contributed by atoms with Crippen molar-refractivity contribution in [3.05, 3.63) is 24.3 Å². The number of hydrogen-bond acceptors (Lipinski definition) is 1. The van der Waals surface area contributed by atoms with Gasteiger partial charge in [0.1, 0.15) is 0 Å². The zero-order valence-corrected chi connectivity index (χ0v) is 7.66. The van der Waals surface area contributed by atoms with Crippen molar-refractivity contribution in [2.45, 2.75) is 26.7 Å². The third-order valence-electron chi connectivity index (χ3n) is 1.40. The summed E-state index contributed by atoms with van der Waals surface area (Å²) in [6.45, 7) is 4.34. The van der Waals surface area contributed by atoms with E-state index >= 15 is 0 Å². The van der Waals surface area contributed by atoms with Gasteiger partial charge in [0, 0.05) is 6.08 Å². The lowest BCUT2D eigenvalue weighted by Gasteiger charge is -1.97. The van der Waals surface area contributed by atoms with Crippen LogP contribution in [0.1, 0.15) is 26.7 Å². The lowest BCUT2D eigenvalue weighted by atomic mass is 10.1. The van der Waals surface area contributed by atoms with E-state index in [1.807, 2.05) is 6.08 Å². The molecule has 0 amide bonds. The Kier molecular flexibility index (Phi) is 6.07. The van der Waals surface area contributed by atoms with Crippen molar-refractivity contribution in [3.8, 4) is 0 Å². The summed E-state index contributed by atoms with van der Waals surface area (Å²) in [5.74, 6) is -0.193. The summed E-state index contributed by atoms with van der Waals surface area (Å²) in [7, 11) is 0. The van der Waals surface area contributed by atoms with E-state index in [1.165, 1.54) is 0 Å². The van der Waals surface area contributed by atoms with E-state index in [2.05, 4.69) is 13.8 Å². The molecule has 0 aliphatic carbocycles. The summed E-state index contributed by atoms with van der Waals surface area (Å²) in [5, 5.41) is 8.24. The molecule has 1 N–H and O–H groups in total. The zero-order chi connectivity index (χ0) is 9.40.